The number of anilines is 2. The summed E-state index contributed by atoms with van der Waals surface area (Å²) in [5, 5.41) is 6.12. The van der Waals surface area contributed by atoms with Gasteiger partial charge in [-0.1, -0.05) is 24.3 Å². The van der Waals surface area contributed by atoms with Crippen molar-refractivity contribution in [2.24, 2.45) is 0 Å². The maximum Gasteiger partial charge on any atom is 0.243 e. The monoisotopic (exact) mass is 354 g/mol. The third kappa shape index (κ3) is 4.76. The maximum atomic E-state index is 12.3. The third-order valence-corrected chi connectivity index (χ3v) is 4.65. The number of carbonyl (C=O) groups is 1. The molecular formula is C21H26N2O3. The predicted molar refractivity (Wildman–Crippen MR) is 104 cm³/mol. The molecule has 26 heavy (non-hydrogen) atoms. The molecule has 2 aromatic carbocycles. The van der Waals surface area contributed by atoms with Crippen molar-refractivity contribution in [3.63, 3.8) is 0 Å². The first kappa shape index (κ1) is 18.3. The Balaban J connectivity index is 1.56. The molecule has 0 aliphatic carbocycles. The van der Waals surface area contributed by atoms with Crippen LogP contribution in [0.3, 0.4) is 0 Å². The fourth-order valence-corrected chi connectivity index (χ4v) is 2.97. The maximum absolute atomic E-state index is 12.3. The number of para-hydroxylation sites is 2. The van der Waals surface area contributed by atoms with Crippen LogP contribution < -0.4 is 15.4 Å². The molecule has 138 valence electrons. The van der Waals surface area contributed by atoms with Gasteiger partial charge in [0.05, 0.1) is 18.3 Å². The minimum atomic E-state index is -0.112. The van der Waals surface area contributed by atoms with Crippen LogP contribution in [0.25, 0.3) is 0 Å². The lowest BCUT2D eigenvalue weighted by Gasteiger charge is -2.16. The molecule has 2 aromatic rings. The smallest absolute Gasteiger partial charge is 0.243 e. The summed E-state index contributed by atoms with van der Waals surface area (Å²) in [4.78, 5) is 12.3. The molecular weight excluding hydrogens is 328 g/mol. The number of carbonyl (C=O) groups excluding carboxylic acids is 1. The summed E-state index contributed by atoms with van der Waals surface area (Å²) in [5.41, 5.74) is 4.00. The molecule has 5 nitrogen and oxygen atoms in total. The van der Waals surface area contributed by atoms with E-state index in [0.717, 1.165) is 30.7 Å². The van der Waals surface area contributed by atoms with Crippen LogP contribution >= 0.6 is 0 Å². The van der Waals surface area contributed by atoms with E-state index in [2.05, 4.69) is 23.6 Å². The molecule has 1 aliphatic heterocycles. The second-order valence-corrected chi connectivity index (χ2v) is 6.59. The quantitative estimate of drug-likeness (QED) is 0.791. The van der Waals surface area contributed by atoms with Crippen molar-refractivity contribution >= 4 is 17.3 Å². The standard InChI is InChI=1S/C21H26N2O3/c1-15-7-5-10-18(16(15)2)22-13-21(24)23-19-9-3-4-11-20(19)26-14-17-8-6-12-25-17/h3-5,7,9-11,17,22H,6,8,12-14H2,1-2H3,(H,23,24). The number of benzene rings is 2. The minimum absolute atomic E-state index is 0.112. The van der Waals surface area contributed by atoms with Crippen molar-refractivity contribution in [3.8, 4) is 5.75 Å². The second kappa shape index (κ2) is 8.72. The average Bonchev–Trinajstić information content (AvgIpc) is 3.16. The van der Waals surface area contributed by atoms with Gasteiger partial charge in [-0.05, 0) is 56.0 Å². The molecule has 5 heteroatoms. The average molecular weight is 354 g/mol. The molecule has 0 radical (unpaired) electrons. The van der Waals surface area contributed by atoms with Crippen LogP contribution in [0.5, 0.6) is 5.75 Å². The lowest BCUT2D eigenvalue weighted by Crippen LogP contribution is -2.23. The molecule has 3 rings (SSSR count). The molecule has 1 atom stereocenters. The molecule has 0 bridgehead atoms. The zero-order valence-corrected chi connectivity index (χ0v) is 15.4. The van der Waals surface area contributed by atoms with Crippen LogP contribution in [-0.2, 0) is 9.53 Å². The molecule has 1 aliphatic rings. The van der Waals surface area contributed by atoms with Gasteiger partial charge in [0.15, 0.2) is 0 Å². The first-order chi connectivity index (χ1) is 12.6. The van der Waals surface area contributed by atoms with E-state index in [1.807, 2.05) is 43.3 Å². The molecule has 1 fully saturated rings. The van der Waals surface area contributed by atoms with E-state index in [4.69, 9.17) is 9.47 Å². The van der Waals surface area contributed by atoms with E-state index < -0.39 is 0 Å². The number of nitrogens with one attached hydrogen (secondary N) is 2. The summed E-state index contributed by atoms with van der Waals surface area (Å²) >= 11 is 0. The molecule has 1 unspecified atom stereocenters. The van der Waals surface area contributed by atoms with E-state index in [9.17, 15) is 4.79 Å². The van der Waals surface area contributed by atoms with E-state index in [1.54, 1.807) is 0 Å². The van der Waals surface area contributed by atoms with E-state index >= 15 is 0 Å². The Hall–Kier alpha value is -2.53. The Bertz CT molecular complexity index is 755. The molecule has 0 aromatic heterocycles. The Morgan fingerprint density at radius 2 is 1.96 bits per heavy atom. The van der Waals surface area contributed by atoms with Crippen LogP contribution in [0, 0.1) is 13.8 Å². The number of aryl methyl sites for hydroxylation is 1. The van der Waals surface area contributed by atoms with Crippen LogP contribution in [0.1, 0.15) is 24.0 Å². The normalized spacial score (nSPS) is 16.3. The summed E-state index contributed by atoms with van der Waals surface area (Å²) in [6.45, 7) is 5.61. The predicted octanol–water partition coefficient (Wildman–Crippen LogP) is 3.91. The molecule has 1 saturated heterocycles. The Morgan fingerprint density at radius 1 is 1.15 bits per heavy atom. The van der Waals surface area contributed by atoms with Gasteiger partial charge in [0.1, 0.15) is 12.4 Å². The summed E-state index contributed by atoms with van der Waals surface area (Å²) in [6.07, 6.45) is 2.25. The highest BCUT2D eigenvalue weighted by atomic mass is 16.5. The number of ether oxygens (including phenoxy) is 2. The Kier molecular flexibility index (Phi) is 6.12. The first-order valence-electron chi connectivity index (χ1n) is 9.07. The number of hydrogen-bond acceptors (Lipinski definition) is 4. The fraction of sp³-hybridized carbons (Fsp3) is 0.381. The van der Waals surface area contributed by atoms with Gasteiger partial charge in [-0.2, -0.15) is 0 Å². The summed E-state index contributed by atoms with van der Waals surface area (Å²) < 4.78 is 11.4. The largest absolute Gasteiger partial charge is 0.489 e. The Labute approximate surface area is 154 Å². The molecule has 0 saturated carbocycles. The summed E-state index contributed by atoms with van der Waals surface area (Å²) in [7, 11) is 0. The minimum Gasteiger partial charge on any atom is -0.489 e. The topological polar surface area (TPSA) is 59.6 Å². The molecule has 2 N–H and O–H groups in total. The van der Waals surface area contributed by atoms with E-state index in [0.29, 0.717) is 18.0 Å². The molecule has 1 amide bonds. The first-order valence-corrected chi connectivity index (χ1v) is 9.07. The van der Waals surface area contributed by atoms with Gasteiger partial charge in [-0.3, -0.25) is 4.79 Å². The zero-order valence-electron chi connectivity index (χ0n) is 15.4. The van der Waals surface area contributed by atoms with Crippen molar-refractivity contribution in [1.29, 1.82) is 0 Å². The van der Waals surface area contributed by atoms with Gasteiger partial charge in [0.2, 0.25) is 5.91 Å². The van der Waals surface area contributed by atoms with Gasteiger partial charge >= 0.3 is 0 Å². The van der Waals surface area contributed by atoms with Crippen molar-refractivity contribution in [3.05, 3.63) is 53.6 Å². The van der Waals surface area contributed by atoms with Gasteiger partial charge < -0.3 is 20.1 Å². The lowest BCUT2D eigenvalue weighted by molar-refractivity contribution is -0.114. The van der Waals surface area contributed by atoms with Crippen molar-refractivity contribution in [1.82, 2.24) is 0 Å². The Morgan fingerprint density at radius 3 is 2.77 bits per heavy atom. The van der Waals surface area contributed by atoms with Gasteiger partial charge in [-0.25, -0.2) is 0 Å². The van der Waals surface area contributed by atoms with Crippen LogP contribution in [0.2, 0.25) is 0 Å². The summed E-state index contributed by atoms with van der Waals surface area (Å²) in [5.74, 6) is 0.558. The van der Waals surface area contributed by atoms with Crippen LogP contribution in [-0.4, -0.2) is 31.8 Å². The van der Waals surface area contributed by atoms with E-state index in [-0.39, 0.29) is 18.6 Å². The molecule has 0 spiro atoms. The SMILES string of the molecule is Cc1cccc(NCC(=O)Nc2ccccc2OCC2CCCO2)c1C. The fourth-order valence-electron chi connectivity index (χ4n) is 2.97. The highest BCUT2D eigenvalue weighted by Crippen LogP contribution is 2.25. The zero-order chi connectivity index (χ0) is 18.4. The highest BCUT2D eigenvalue weighted by Gasteiger charge is 2.17. The van der Waals surface area contributed by atoms with Crippen molar-refractivity contribution < 1.29 is 14.3 Å². The van der Waals surface area contributed by atoms with E-state index in [1.165, 1.54) is 5.56 Å². The summed E-state index contributed by atoms with van der Waals surface area (Å²) in [6, 6.07) is 13.5. The number of rotatable bonds is 7. The lowest BCUT2D eigenvalue weighted by atomic mass is 10.1. The van der Waals surface area contributed by atoms with Crippen molar-refractivity contribution in [2.75, 3.05) is 30.4 Å². The number of hydrogen-bond donors (Lipinski definition) is 2. The van der Waals surface area contributed by atoms with Gasteiger partial charge in [0, 0.05) is 12.3 Å². The van der Waals surface area contributed by atoms with Gasteiger partial charge in [-0.15, -0.1) is 0 Å². The van der Waals surface area contributed by atoms with Crippen molar-refractivity contribution in [2.45, 2.75) is 32.8 Å². The van der Waals surface area contributed by atoms with Crippen LogP contribution in [0.15, 0.2) is 42.5 Å². The van der Waals surface area contributed by atoms with Gasteiger partial charge in [0.25, 0.3) is 0 Å². The second-order valence-electron chi connectivity index (χ2n) is 6.59. The highest BCUT2D eigenvalue weighted by molar-refractivity contribution is 5.95. The molecule has 1 heterocycles. The van der Waals surface area contributed by atoms with Crippen LogP contribution in [0.4, 0.5) is 11.4 Å². The third-order valence-electron chi connectivity index (χ3n) is 4.65. The number of amides is 1.